The zero-order valence-electron chi connectivity index (χ0n) is 5.97. The van der Waals surface area contributed by atoms with E-state index in [-0.39, 0.29) is 0 Å². The van der Waals surface area contributed by atoms with Crippen LogP contribution in [0.3, 0.4) is 0 Å². The molecule has 0 radical (unpaired) electrons. The number of carbonyl (C=O) groups is 1. The Balaban J connectivity index is 1.92. The minimum atomic E-state index is 0.319. The van der Waals surface area contributed by atoms with Gasteiger partial charge in [0.25, 0.3) is 0 Å². The summed E-state index contributed by atoms with van der Waals surface area (Å²) in [6.45, 7) is 2.05. The van der Waals surface area contributed by atoms with E-state index in [1.165, 1.54) is 6.42 Å². The van der Waals surface area contributed by atoms with E-state index in [0.29, 0.717) is 12.1 Å². The lowest BCUT2D eigenvalue weighted by molar-refractivity contribution is -0.143. The molecule has 0 aromatic rings. The third-order valence-electron chi connectivity index (χ3n) is 2.30. The van der Waals surface area contributed by atoms with Gasteiger partial charge < -0.3 is 4.90 Å². The molecular weight excluding hydrogens is 128 g/mol. The van der Waals surface area contributed by atoms with Crippen LogP contribution in [0.4, 0.5) is 0 Å². The smallest absolute Gasteiger partial charge is 0.225 e. The molecule has 2 heterocycles. The van der Waals surface area contributed by atoms with E-state index in [1.54, 1.807) is 0 Å². The Hall–Kier alpha value is -0.570. The van der Waals surface area contributed by atoms with Gasteiger partial charge in [0.1, 0.15) is 0 Å². The molecule has 1 unspecified atom stereocenters. The zero-order valence-corrected chi connectivity index (χ0v) is 5.97. The second-order valence-corrected chi connectivity index (χ2v) is 2.95. The van der Waals surface area contributed by atoms with Crippen LogP contribution in [0.1, 0.15) is 19.3 Å². The third kappa shape index (κ3) is 0.814. The second-order valence-electron chi connectivity index (χ2n) is 2.95. The van der Waals surface area contributed by atoms with Crippen LogP contribution >= 0.6 is 0 Å². The molecule has 3 nitrogen and oxygen atoms in total. The molecule has 2 aliphatic rings. The Kier molecular flexibility index (Phi) is 1.38. The van der Waals surface area contributed by atoms with Crippen molar-refractivity contribution in [2.45, 2.75) is 25.4 Å². The molecule has 0 bridgehead atoms. The van der Waals surface area contributed by atoms with Crippen molar-refractivity contribution in [1.29, 1.82) is 0 Å². The number of β-lactam (4-membered cyclic amide) rings is 1. The predicted octanol–water partition coefficient (Wildman–Crippen LogP) is -0.0718. The van der Waals surface area contributed by atoms with Crippen molar-refractivity contribution in [2.24, 2.45) is 0 Å². The molecule has 1 N–H and O–H groups in total. The van der Waals surface area contributed by atoms with Crippen molar-refractivity contribution in [2.75, 3.05) is 13.1 Å². The largest absolute Gasteiger partial charge is 0.327 e. The minimum absolute atomic E-state index is 0.319. The topological polar surface area (TPSA) is 32.3 Å². The molecular formula is C7H12N2O. The van der Waals surface area contributed by atoms with Crippen molar-refractivity contribution in [3.05, 3.63) is 0 Å². The fourth-order valence-corrected chi connectivity index (χ4v) is 1.59. The normalized spacial score (nSPS) is 32.6. The van der Waals surface area contributed by atoms with Gasteiger partial charge >= 0.3 is 0 Å². The third-order valence-corrected chi connectivity index (χ3v) is 2.30. The molecule has 0 saturated carbocycles. The summed E-state index contributed by atoms with van der Waals surface area (Å²) in [7, 11) is 0. The van der Waals surface area contributed by atoms with Gasteiger partial charge in [-0.3, -0.25) is 10.1 Å². The van der Waals surface area contributed by atoms with Crippen molar-refractivity contribution in [3.63, 3.8) is 0 Å². The summed E-state index contributed by atoms with van der Waals surface area (Å²) >= 11 is 0. The van der Waals surface area contributed by atoms with E-state index in [1.807, 2.05) is 4.90 Å². The monoisotopic (exact) mass is 140 g/mol. The van der Waals surface area contributed by atoms with Gasteiger partial charge in [0.15, 0.2) is 0 Å². The van der Waals surface area contributed by atoms with Gasteiger partial charge in [0.2, 0.25) is 5.91 Å². The second kappa shape index (κ2) is 2.23. The maximum Gasteiger partial charge on any atom is 0.225 e. The van der Waals surface area contributed by atoms with Crippen LogP contribution in [-0.4, -0.2) is 30.1 Å². The van der Waals surface area contributed by atoms with E-state index in [2.05, 4.69) is 5.32 Å². The van der Waals surface area contributed by atoms with Crippen LogP contribution in [0.25, 0.3) is 0 Å². The maximum absolute atomic E-state index is 10.9. The summed E-state index contributed by atoms with van der Waals surface area (Å²) in [5.74, 6) is 0.319. The Labute approximate surface area is 60.4 Å². The molecule has 10 heavy (non-hydrogen) atoms. The van der Waals surface area contributed by atoms with Gasteiger partial charge in [-0.15, -0.1) is 0 Å². The number of carbonyl (C=O) groups excluding carboxylic acids is 1. The first kappa shape index (κ1) is 6.16. The number of hydrogen-bond donors (Lipinski definition) is 1. The lowest BCUT2D eigenvalue weighted by Crippen LogP contribution is -2.53. The number of nitrogens with one attached hydrogen (secondary N) is 1. The number of amides is 1. The summed E-state index contributed by atoms with van der Waals surface area (Å²) in [5, 5.41) is 3.29. The fraction of sp³-hybridized carbons (Fsp3) is 0.857. The van der Waals surface area contributed by atoms with Crippen LogP contribution < -0.4 is 5.32 Å². The lowest BCUT2D eigenvalue weighted by Gasteiger charge is -2.36. The molecule has 1 atom stereocenters. The van der Waals surface area contributed by atoms with Gasteiger partial charge in [-0.25, -0.2) is 0 Å². The summed E-state index contributed by atoms with van der Waals surface area (Å²) in [6, 6.07) is 0. The first-order chi connectivity index (χ1) is 4.88. The van der Waals surface area contributed by atoms with Crippen molar-refractivity contribution in [3.8, 4) is 0 Å². The van der Waals surface area contributed by atoms with E-state index in [4.69, 9.17) is 0 Å². The summed E-state index contributed by atoms with van der Waals surface area (Å²) in [5.41, 5.74) is 0. The van der Waals surface area contributed by atoms with E-state index in [0.717, 1.165) is 25.9 Å². The van der Waals surface area contributed by atoms with Crippen molar-refractivity contribution < 1.29 is 4.79 Å². The molecule has 0 spiro atoms. The van der Waals surface area contributed by atoms with Crippen LogP contribution in [0.15, 0.2) is 0 Å². The highest BCUT2D eigenvalue weighted by Crippen LogP contribution is 2.17. The summed E-state index contributed by atoms with van der Waals surface area (Å²) < 4.78 is 0. The average Bonchev–Trinajstić information content (AvgIpc) is 2.37. The van der Waals surface area contributed by atoms with E-state index < -0.39 is 0 Å². The fourth-order valence-electron chi connectivity index (χ4n) is 1.59. The highest BCUT2D eigenvalue weighted by molar-refractivity contribution is 5.81. The number of hydrogen-bond acceptors (Lipinski definition) is 2. The zero-order chi connectivity index (χ0) is 6.97. The Morgan fingerprint density at radius 1 is 1.60 bits per heavy atom. The molecule has 2 aliphatic heterocycles. The molecule has 2 rings (SSSR count). The highest BCUT2D eigenvalue weighted by atomic mass is 16.2. The molecule has 3 heteroatoms. The standard InChI is InChI=1S/C7H12N2O/c10-7-3-5-9(7)6-2-1-4-8-6/h6,8H,1-5H2. The number of nitrogens with zero attached hydrogens (tertiary/aromatic N) is 1. The molecule has 1 amide bonds. The van der Waals surface area contributed by atoms with E-state index >= 15 is 0 Å². The SMILES string of the molecule is O=C1CCN1C1CCCN1. The molecule has 0 aromatic carbocycles. The van der Waals surface area contributed by atoms with Gasteiger partial charge in [-0.1, -0.05) is 0 Å². The first-order valence-electron chi connectivity index (χ1n) is 3.91. The average molecular weight is 140 g/mol. The number of rotatable bonds is 1. The molecule has 2 saturated heterocycles. The molecule has 0 aliphatic carbocycles. The lowest BCUT2D eigenvalue weighted by atomic mass is 10.1. The Bertz CT molecular complexity index is 152. The van der Waals surface area contributed by atoms with Crippen molar-refractivity contribution in [1.82, 2.24) is 10.2 Å². The minimum Gasteiger partial charge on any atom is -0.327 e. The van der Waals surface area contributed by atoms with Gasteiger partial charge in [0, 0.05) is 13.0 Å². The van der Waals surface area contributed by atoms with Crippen LogP contribution in [0.5, 0.6) is 0 Å². The summed E-state index contributed by atoms with van der Waals surface area (Å²) in [6.07, 6.45) is 3.50. The maximum atomic E-state index is 10.9. The van der Waals surface area contributed by atoms with Crippen LogP contribution in [0.2, 0.25) is 0 Å². The first-order valence-corrected chi connectivity index (χ1v) is 3.91. The number of likely N-dealkylation sites (tertiary alicyclic amines) is 1. The van der Waals surface area contributed by atoms with Gasteiger partial charge in [-0.2, -0.15) is 0 Å². The highest BCUT2D eigenvalue weighted by Gasteiger charge is 2.32. The molecule has 0 aromatic heterocycles. The van der Waals surface area contributed by atoms with Crippen molar-refractivity contribution >= 4 is 5.91 Å². The van der Waals surface area contributed by atoms with Gasteiger partial charge in [-0.05, 0) is 19.4 Å². The molecule has 2 fully saturated rings. The molecule has 56 valence electrons. The summed E-state index contributed by atoms with van der Waals surface area (Å²) in [4.78, 5) is 12.8. The van der Waals surface area contributed by atoms with Gasteiger partial charge in [0.05, 0.1) is 6.17 Å². The quantitative estimate of drug-likeness (QED) is 0.517. The Morgan fingerprint density at radius 3 is 2.90 bits per heavy atom. The predicted molar refractivity (Wildman–Crippen MR) is 37.4 cm³/mol. The van der Waals surface area contributed by atoms with Crippen LogP contribution in [-0.2, 0) is 4.79 Å². The Morgan fingerprint density at radius 2 is 2.50 bits per heavy atom. The van der Waals surface area contributed by atoms with E-state index in [9.17, 15) is 4.79 Å². The van der Waals surface area contributed by atoms with Crippen LogP contribution in [0, 0.1) is 0 Å².